The number of halogens is 2. The maximum Gasteiger partial charge on any atom is 0.252 e. The number of rotatable bonds is 4. The van der Waals surface area contributed by atoms with Crippen molar-refractivity contribution in [2.45, 2.75) is 6.92 Å². The summed E-state index contributed by atoms with van der Waals surface area (Å²) >= 11 is 3.31. The molecule has 2 rings (SSSR count). The molecule has 0 fully saturated rings. The molecular weight excluding hydrogens is 335 g/mol. The van der Waals surface area contributed by atoms with E-state index >= 15 is 0 Å². The highest BCUT2D eigenvalue weighted by Crippen LogP contribution is 2.15. The van der Waals surface area contributed by atoms with Crippen LogP contribution in [-0.4, -0.2) is 17.4 Å². The Labute approximate surface area is 131 Å². The number of benzene rings is 1. The van der Waals surface area contributed by atoms with Gasteiger partial charge in [-0.05, 0) is 58.8 Å². The summed E-state index contributed by atoms with van der Waals surface area (Å²) in [6, 6.07) is 9.67. The largest absolute Gasteiger partial charge is 0.294 e. The van der Waals surface area contributed by atoms with Crippen LogP contribution in [0.5, 0.6) is 0 Å². The molecule has 0 saturated heterocycles. The van der Waals surface area contributed by atoms with Crippen LogP contribution in [0, 0.1) is 5.82 Å². The molecule has 2 aromatic rings. The van der Waals surface area contributed by atoms with Gasteiger partial charge in [0.15, 0.2) is 0 Å². The molecule has 0 atom stereocenters. The molecule has 1 amide bonds. The lowest BCUT2D eigenvalue weighted by molar-refractivity contribution is -0.114. The number of amides is 1. The van der Waals surface area contributed by atoms with Crippen molar-refractivity contribution in [2.24, 2.45) is 0 Å². The fourth-order valence-corrected chi connectivity index (χ4v) is 2.06. The highest BCUT2D eigenvalue weighted by atomic mass is 79.9. The SMILES string of the molecule is CCN(C(=O)/C=C/c1cccc(F)c1)c1ccc(Br)cn1. The normalized spacial score (nSPS) is 10.8. The summed E-state index contributed by atoms with van der Waals surface area (Å²) in [5, 5.41) is 0. The highest BCUT2D eigenvalue weighted by Gasteiger charge is 2.11. The van der Waals surface area contributed by atoms with Crippen molar-refractivity contribution in [1.29, 1.82) is 0 Å². The Morgan fingerprint density at radius 2 is 2.19 bits per heavy atom. The van der Waals surface area contributed by atoms with Gasteiger partial charge in [0.05, 0.1) is 0 Å². The van der Waals surface area contributed by atoms with Crippen LogP contribution in [-0.2, 0) is 4.79 Å². The van der Waals surface area contributed by atoms with Crippen molar-refractivity contribution in [2.75, 3.05) is 11.4 Å². The van der Waals surface area contributed by atoms with Crippen molar-refractivity contribution in [3.8, 4) is 0 Å². The van der Waals surface area contributed by atoms with Crippen LogP contribution < -0.4 is 4.90 Å². The zero-order valence-corrected chi connectivity index (χ0v) is 13.0. The molecule has 0 unspecified atom stereocenters. The summed E-state index contributed by atoms with van der Waals surface area (Å²) in [6.45, 7) is 2.37. The summed E-state index contributed by atoms with van der Waals surface area (Å²) in [5.74, 6) is 0.0534. The van der Waals surface area contributed by atoms with Crippen molar-refractivity contribution >= 4 is 33.7 Å². The van der Waals surface area contributed by atoms with E-state index in [1.807, 2.05) is 13.0 Å². The zero-order chi connectivity index (χ0) is 15.2. The summed E-state index contributed by atoms with van der Waals surface area (Å²) in [4.78, 5) is 18.0. The summed E-state index contributed by atoms with van der Waals surface area (Å²) in [5.41, 5.74) is 0.642. The van der Waals surface area contributed by atoms with Crippen LogP contribution in [0.2, 0.25) is 0 Å². The number of aromatic nitrogens is 1. The van der Waals surface area contributed by atoms with Crippen molar-refractivity contribution in [1.82, 2.24) is 4.98 Å². The fraction of sp³-hybridized carbons (Fsp3) is 0.125. The van der Waals surface area contributed by atoms with Gasteiger partial charge >= 0.3 is 0 Å². The Kier molecular flexibility index (Phi) is 5.22. The van der Waals surface area contributed by atoms with E-state index in [9.17, 15) is 9.18 Å². The summed E-state index contributed by atoms with van der Waals surface area (Å²) < 4.78 is 13.9. The fourth-order valence-electron chi connectivity index (χ4n) is 1.83. The molecule has 1 heterocycles. The highest BCUT2D eigenvalue weighted by molar-refractivity contribution is 9.10. The van der Waals surface area contributed by atoms with Gasteiger partial charge in [-0.15, -0.1) is 0 Å². The molecule has 0 bridgehead atoms. The number of hydrogen-bond acceptors (Lipinski definition) is 2. The molecule has 0 saturated carbocycles. The Balaban J connectivity index is 2.15. The molecule has 21 heavy (non-hydrogen) atoms. The number of carbonyl (C=O) groups excluding carboxylic acids is 1. The Morgan fingerprint density at radius 3 is 2.81 bits per heavy atom. The third-order valence-corrected chi connectivity index (χ3v) is 3.31. The molecule has 5 heteroatoms. The first-order valence-corrected chi connectivity index (χ1v) is 7.26. The van der Waals surface area contributed by atoms with E-state index in [1.165, 1.54) is 18.2 Å². The number of likely N-dealkylation sites (N-methyl/N-ethyl adjacent to an activating group) is 1. The molecular formula is C16H14BrFN2O. The number of carbonyl (C=O) groups is 1. The molecule has 0 spiro atoms. The van der Waals surface area contributed by atoms with Gasteiger partial charge in [0.1, 0.15) is 11.6 Å². The maximum absolute atomic E-state index is 13.1. The van der Waals surface area contributed by atoms with Gasteiger partial charge in [0.2, 0.25) is 0 Å². The average Bonchev–Trinajstić information content (AvgIpc) is 2.48. The first-order chi connectivity index (χ1) is 10.1. The molecule has 0 aliphatic heterocycles. The van der Waals surface area contributed by atoms with Crippen LogP contribution in [0.25, 0.3) is 6.08 Å². The number of nitrogens with zero attached hydrogens (tertiary/aromatic N) is 2. The molecule has 1 aromatic carbocycles. The second kappa shape index (κ2) is 7.13. The van der Waals surface area contributed by atoms with Crippen LogP contribution in [0.3, 0.4) is 0 Å². The molecule has 0 aliphatic carbocycles. The van der Waals surface area contributed by atoms with Gasteiger partial charge in [-0.3, -0.25) is 9.69 Å². The third-order valence-electron chi connectivity index (χ3n) is 2.84. The second-order valence-corrected chi connectivity index (χ2v) is 5.22. The van der Waals surface area contributed by atoms with Crippen LogP contribution in [0.15, 0.2) is 53.1 Å². The lowest BCUT2D eigenvalue weighted by Gasteiger charge is -2.17. The lowest BCUT2D eigenvalue weighted by atomic mass is 10.2. The number of pyridine rings is 1. The standard InChI is InChI=1S/C16H14BrFN2O/c1-2-20(15-8-7-13(17)11-19-15)16(21)9-6-12-4-3-5-14(18)10-12/h3-11H,2H2,1H3/b9-6+. The van der Waals surface area contributed by atoms with E-state index in [1.54, 1.807) is 35.4 Å². The molecule has 108 valence electrons. The minimum Gasteiger partial charge on any atom is -0.294 e. The molecule has 0 radical (unpaired) electrons. The summed E-state index contributed by atoms with van der Waals surface area (Å²) in [6.07, 6.45) is 4.65. The van der Waals surface area contributed by atoms with E-state index in [4.69, 9.17) is 0 Å². The molecule has 0 N–H and O–H groups in total. The van der Waals surface area contributed by atoms with Gasteiger partial charge in [0.25, 0.3) is 5.91 Å². The predicted octanol–water partition coefficient (Wildman–Crippen LogP) is 4.05. The first kappa shape index (κ1) is 15.4. The Bertz CT molecular complexity index is 656. The minimum atomic E-state index is -0.327. The molecule has 0 aliphatic rings. The van der Waals surface area contributed by atoms with Gasteiger partial charge in [0, 0.05) is 23.3 Å². The predicted molar refractivity (Wildman–Crippen MR) is 85.4 cm³/mol. The van der Waals surface area contributed by atoms with E-state index in [0.717, 1.165) is 4.47 Å². The second-order valence-electron chi connectivity index (χ2n) is 4.31. The zero-order valence-electron chi connectivity index (χ0n) is 11.5. The van der Waals surface area contributed by atoms with Gasteiger partial charge in [-0.25, -0.2) is 9.37 Å². The van der Waals surface area contributed by atoms with Gasteiger partial charge in [-0.2, -0.15) is 0 Å². The first-order valence-electron chi connectivity index (χ1n) is 6.47. The van der Waals surface area contributed by atoms with Crippen molar-refractivity contribution in [3.05, 3.63) is 64.5 Å². The number of hydrogen-bond donors (Lipinski definition) is 0. The monoisotopic (exact) mass is 348 g/mol. The van der Waals surface area contributed by atoms with Crippen molar-refractivity contribution in [3.63, 3.8) is 0 Å². The topological polar surface area (TPSA) is 33.2 Å². The Morgan fingerprint density at radius 1 is 1.38 bits per heavy atom. The lowest BCUT2D eigenvalue weighted by Crippen LogP contribution is -2.29. The maximum atomic E-state index is 13.1. The van der Waals surface area contributed by atoms with Crippen LogP contribution in [0.1, 0.15) is 12.5 Å². The van der Waals surface area contributed by atoms with Crippen molar-refractivity contribution < 1.29 is 9.18 Å². The van der Waals surface area contributed by atoms with E-state index in [-0.39, 0.29) is 11.7 Å². The van der Waals surface area contributed by atoms with E-state index in [2.05, 4.69) is 20.9 Å². The smallest absolute Gasteiger partial charge is 0.252 e. The van der Waals surface area contributed by atoms with Gasteiger partial charge in [-0.1, -0.05) is 12.1 Å². The van der Waals surface area contributed by atoms with Crippen LogP contribution in [0.4, 0.5) is 10.2 Å². The van der Waals surface area contributed by atoms with E-state index in [0.29, 0.717) is 17.9 Å². The van der Waals surface area contributed by atoms with Gasteiger partial charge < -0.3 is 0 Å². The Hall–Kier alpha value is -2.01. The molecule has 1 aromatic heterocycles. The molecule has 3 nitrogen and oxygen atoms in total. The van der Waals surface area contributed by atoms with E-state index < -0.39 is 0 Å². The summed E-state index contributed by atoms with van der Waals surface area (Å²) in [7, 11) is 0. The third kappa shape index (κ3) is 4.23. The average molecular weight is 349 g/mol. The minimum absolute atomic E-state index is 0.198. The number of anilines is 1. The van der Waals surface area contributed by atoms with Crippen LogP contribution >= 0.6 is 15.9 Å². The quantitative estimate of drug-likeness (QED) is 0.781.